The minimum Gasteiger partial charge on any atom is -0.449 e. The molecule has 1 aliphatic rings. The summed E-state index contributed by atoms with van der Waals surface area (Å²) in [5, 5.41) is 2.21. The minimum atomic E-state index is -0.545. The summed E-state index contributed by atoms with van der Waals surface area (Å²) in [5.41, 5.74) is 2.44. The van der Waals surface area contributed by atoms with Gasteiger partial charge in [0.2, 0.25) is 9.03 Å². The van der Waals surface area contributed by atoms with E-state index in [4.69, 9.17) is 21.0 Å². The Hall–Kier alpha value is -1.02. The molecular formula is C14H15ClNO2P. The Morgan fingerprint density at radius 1 is 1.42 bits per heavy atom. The number of benzene rings is 2. The highest BCUT2D eigenvalue weighted by Crippen LogP contribution is 2.45. The summed E-state index contributed by atoms with van der Waals surface area (Å²) in [4.78, 5) is 11.3. The smallest absolute Gasteiger partial charge is 0.212 e. The average molecular weight is 296 g/mol. The second kappa shape index (κ2) is 5.16. The standard InChI is InChI=1S/C14H15ClNO2P/c1-16-8-9(7-15)14-11-5-3-2-4-10(11)13(18-19-17)6-12(14)16/h2-6,9,17,19H,7-8H2,1H3/t9-/m1/s1. The highest BCUT2D eigenvalue weighted by atomic mass is 35.5. The van der Waals surface area contributed by atoms with Crippen molar-refractivity contribution < 1.29 is 9.42 Å². The zero-order valence-electron chi connectivity index (χ0n) is 10.6. The molecule has 0 radical (unpaired) electrons. The molecular weight excluding hydrogens is 281 g/mol. The van der Waals surface area contributed by atoms with E-state index in [0.29, 0.717) is 11.8 Å². The zero-order valence-corrected chi connectivity index (χ0v) is 12.3. The molecule has 2 atom stereocenters. The van der Waals surface area contributed by atoms with Gasteiger partial charge < -0.3 is 14.3 Å². The molecule has 3 rings (SSSR count). The molecule has 0 bridgehead atoms. The molecule has 1 N–H and O–H groups in total. The lowest BCUT2D eigenvalue weighted by Gasteiger charge is -2.15. The van der Waals surface area contributed by atoms with E-state index in [0.717, 1.165) is 23.4 Å². The minimum absolute atomic E-state index is 0.345. The molecule has 2 aromatic carbocycles. The molecule has 0 aromatic heterocycles. The molecule has 1 heterocycles. The maximum atomic E-state index is 9.06. The van der Waals surface area contributed by atoms with Crippen LogP contribution in [0.15, 0.2) is 30.3 Å². The second-order valence-electron chi connectivity index (χ2n) is 4.78. The van der Waals surface area contributed by atoms with Gasteiger partial charge in [-0.25, -0.2) is 0 Å². The van der Waals surface area contributed by atoms with E-state index in [1.54, 1.807) is 0 Å². The number of alkyl halides is 1. The van der Waals surface area contributed by atoms with Crippen LogP contribution in [0.4, 0.5) is 5.69 Å². The van der Waals surface area contributed by atoms with Crippen LogP contribution in [0.1, 0.15) is 11.5 Å². The molecule has 0 amide bonds. The third-order valence-electron chi connectivity index (χ3n) is 3.68. The Kier molecular flexibility index (Phi) is 3.53. The summed E-state index contributed by atoms with van der Waals surface area (Å²) >= 11 is 6.11. The first-order valence-electron chi connectivity index (χ1n) is 6.15. The molecule has 0 fully saturated rings. The van der Waals surface area contributed by atoms with Gasteiger partial charge in [-0.2, -0.15) is 0 Å². The van der Waals surface area contributed by atoms with Crippen LogP contribution in [0.2, 0.25) is 0 Å². The summed E-state index contributed by atoms with van der Waals surface area (Å²) in [5.74, 6) is 1.69. The van der Waals surface area contributed by atoms with E-state index >= 15 is 0 Å². The van der Waals surface area contributed by atoms with Gasteiger partial charge in [0, 0.05) is 42.5 Å². The monoisotopic (exact) mass is 295 g/mol. The van der Waals surface area contributed by atoms with Crippen LogP contribution < -0.4 is 9.42 Å². The quantitative estimate of drug-likeness (QED) is 0.695. The molecule has 2 aromatic rings. The Morgan fingerprint density at radius 2 is 2.16 bits per heavy atom. The fourth-order valence-electron chi connectivity index (χ4n) is 2.88. The molecule has 5 heteroatoms. The SMILES string of the molecule is CN1C[C@@H](CCl)c2c1cc(OPO)c1ccccc21. The van der Waals surface area contributed by atoms with E-state index in [9.17, 15) is 0 Å². The number of nitrogens with zero attached hydrogens (tertiary/aromatic N) is 1. The van der Waals surface area contributed by atoms with Gasteiger partial charge in [-0.1, -0.05) is 24.3 Å². The number of hydrogen-bond donors (Lipinski definition) is 1. The lowest BCUT2D eigenvalue weighted by atomic mass is 9.95. The van der Waals surface area contributed by atoms with Crippen LogP contribution >= 0.6 is 20.6 Å². The molecule has 100 valence electrons. The highest BCUT2D eigenvalue weighted by Gasteiger charge is 2.29. The number of fused-ring (bicyclic) bond motifs is 3. The molecule has 19 heavy (non-hydrogen) atoms. The van der Waals surface area contributed by atoms with E-state index in [1.165, 1.54) is 10.9 Å². The fourth-order valence-corrected chi connectivity index (χ4v) is 3.39. The molecule has 0 spiro atoms. The van der Waals surface area contributed by atoms with Crippen molar-refractivity contribution in [3.05, 3.63) is 35.9 Å². The molecule has 0 saturated heterocycles. The first kappa shape index (κ1) is 13.0. The number of rotatable bonds is 3. The van der Waals surface area contributed by atoms with Crippen molar-refractivity contribution in [3.8, 4) is 5.75 Å². The van der Waals surface area contributed by atoms with E-state index < -0.39 is 9.03 Å². The van der Waals surface area contributed by atoms with Gasteiger partial charge in [0.25, 0.3) is 0 Å². The number of halogens is 1. The summed E-state index contributed by atoms with van der Waals surface area (Å²) in [7, 11) is 1.52. The van der Waals surface area contributed by atoms with Gasteiger partial charge >= 0.3 is 0 Å². The number of likely N-dealkylation sites (N-methyl/N-ethyl adjacent to an activating group) is 1. The summed E-state index contributed by atoms with van der Waals surface area (Å²) in [6.45, 7) is 0.924. The van der Waals surface area contributed by atoms with E-state index in [2.05, 4.69) is 18.0 Å². The first-order chi connectivity index (χ1) is 9.26. The number of hydrogen-bond acceptors (Lipinski definition) is 3. The van der Waals surface area contributed by atoms with Crippen molar-refractivity contribution in [1.29, 1.82) is 0 Å². The molecule has 1 unspecified atom stereocenters. The van der Waals surface area contributed by atoms with Gasteiger partial charge in [0.05, 0.1) is 0 Å². The Bertz CT molecular complexity index is 620. The van der Waals surface area contributed by atoms with Crippen LogP contribution in [-0.2, 0) is 0 Å². The van der Waals surface area contributed by atoms with E-state index in [1.807, 2.05) is 24.3 Å². The van der Waals surface area contributed by atoms with Crippen molar-refractivity contribution in [2.24, 2.45) is 0 Å². The average Bonchev–Trinajstić information content (AvgIpc) is 2.76. The molecule has 0 saturated carbocycles. The largest absolute Gasteiger partial charge is 0.449 e. The van der Waals surface area contributed by atoms with Gasteiger partial charge in [0.15, 0.2) is 0 Å². The summed E-state index contributed by atoms with van der Waals surface area (Å²) in [6.07, 6.45) is 0. The van der Waals surface area contributed by atoms with Crippen molar-refractivity contribution in [1.82, 2.24) is 0 Å². The van der Waals surface area contributed by atoms with Gasteiger partial charge in [-0.3, -0.25) is 0 Å². The maximum absolute atomic E-state index is 9.06. The van der Waals surface area contributed by atoms with Crippen LogP contribution in [0.25, 0.3) is 10.8 Å². The maximum Gasteiger partial charge on any atom is 0.212 e. The fraction of sp³-hybridized carbons (Fsp3) is 0.286. The van der Waals surface area contributed by atoms with E-state index in [-0.39, 0.29) is 0 Å². The van der Waals surface area contributed by atoms with Crippen molar-refractivity contribution in [2.45, 2.75) is 5.92 Å². The number of anilines is 1. The van der Waals surface area contributed by atoms with Crippen molar-refractivity contribution >= 4 is 37.1 Å². The Balaban J connectivity index is 2.30. The van der Waals surface area contributed by atoms with Crippen LogP contribution in [0, 0.1) is 0 Å². The zero-order chi connectivity index (χ0) is 13.4. The Labute approximate surface area is 119 Å². The molecule has 0 aliphatic carbocycles. The van der Waals surface area contributed by atoms with Crippen molar-refractivity contribution in [2.75, 3.05) is 24.4 Å². The second-order valence-corrected chi connectivity index (χ2v) is 5.47. The lowest BCUT2D eigenvalue weighted by Crippen LogP contribution is -2.15. The Morgan fingerprint density at radius 3 is 2.84 bits per heavy atom. The topological polar surface area (TPSA) is 32.7 Å². The third kappa shape index (κ3) is 2.06. The normalized spacial score (nSPS) is 18.5. The third-order valence-corrected chi connectivity index (χ3v) is 4.37. The molecule has 3 nitrogen and oxygen atoms in total. The van der Waals surface area contributed by atoms with Crippen molar-refractivity contribution in [3.63, 3.8) is 0 Å². The predicted molar refractivity (Wildman–Crippen MR) is 81.8 cm³/mol. The summed E-state index contributed by atoms with van der Waals surface area (Å²) < 4.78 is 5.39. The molecule has 1 aliphatic heterocycles. The van der Waals surface area contributed by atoms with Crippen LogP contribution in [-0.4, -0.2) is 24.4 Å². The first-order valence-corrected chi connectivity index (χ1v) is 7.54. The van der Waals surface area contributed by atoms with Gasteiger partial charge in [0.1, 0.15) is 5.75 Å². The van der Waals surface area contributed by atoms with Crippen LogP contribution in [0.5, 0.6) is 5.75 Å². The van der Waals surface area contributed by atoms with Gasteiger partial charge in [-0.05, 0) is 10.9 Å². The van der Waals surface area contributed by atoms with Gasteiger partial charge in [-0.15, -0.1) is 11.6 Å². The lowest BCUT2D eigenvalue weighted by molar-refractivity contribution is 0.518. The predicted octanol–water partition coefficient (Wildman–Crippen LogP) is 3.49. The van der Waals surface area contributed by atoms with Crippen LogP contribution in [0.3, 0.4) is 0 Å². The summed E-state index contributed by atoms with van der Waals surface area (Å²) in [6, 6.07) is 10.1. The highest BCUT2D eigenvalue weighted by molar-refractivity contribution is 7.25.